The minimum Gasteiger partial charge on any atom is -0.394 e. The van der Waals surface area contributed by atoms with Crippen LogP contribution in [-0.4, -0.2) is 34.9 Å². The van der Waals surface area contributed by atoms with Crippen LogP contribution in [0.15, 0.2) is 36.5 Å². The van der Waals surface area contributed by atoms with E-state index in [4.69, 9.17) is 0 Å². The van der Waals surface area contributed by atoms with Crippen molar-refractivity contribution in [1.29, 1.82) is 0 Å². The highest BCUT2D eigenvalue weighted by Crippen LogP contribution is 2.19. The van der Waals surface area contributed by atoms with Crippen LogP contribution in [0.2, 0.25) is 0 Å². The fourth-order valence-electron chi connectivity index (χ4n) is 10.9. The fraction of sp³-hybridized carbons (Fsp3) is 0.900. The van der Waals surface area contributed by atoms with Gasteiger partial charge >= 0.3 is 0 Å². The minimum atomic E-state index is -0.840. The average molecular weight is 1040 g/mol. The van der Waals surface area contributed by atoms with E-state index >= 15 is 0 Å². The van der Waals surface area contributed by atoms with Crippen LogP contribution in [-0.2, 0) is 4.79 Å². The number of rotatable bonds is 64. The molecular formula is C70H135NO3. The molecule has 74 heavy (non-hydrogen) atoms. The second-order valence-electron chi connectivity index (χ2n) is 23.6. The number of unbranched alkanes of at least 4 members (excludes halogenated alkanes) is 53. The maximum atomic E-state index is 12.5. The van der Waals surface area contributed by atoms with Gasteiger partial charge in [0.2, 0.25) is 5.91 Å². The van der Waals surface area contributed by atoms with Gasteiger partial charge < -0.3 is 15.5 Å². The highest BCUT2D eigenvalue weighted by molar-refractivity contribution is 5.76. The molecule has 0 aromatic carbocycles. The van der Waals surface area contributed by atoms with Crippen molar-refractivity contribution in [2.45, 2.75) is 398 Å². The molecule has 3 N–H and O–H groups in total. The summed E-state index contributed by atoms with van der Waals surface area (Å²) in [6, 6.07) is -0.623. The van der Waals surface area contributed by atoms with Crippen LogP contribution in [0.4, 0.5) is 0 Å². The Bertz CT molecular complexity index is 1130. The van der Waals surface area contributed by atoms with E-state index in [1.165, 1.54) is 334 Å². The van der Waals surface area contributed by atoms with E-state index in [2.05, 4.69) is 43.5 Å². The van der Waals surface area contributed by atoms with Crippen LogP contribution in [0.1, 0.15) is 386 Å². The van der Waals surface area contributed by atoms with E-state index in [9.17, 15) is 15.0 Å². The maximum absolute atomic E-state index is 12.5. The number of carbonyl (C=O) groups is 1. The summed E-state index contributed by atoms with van der Waals surface area (Å²) in [6.07, 6.45) is 90.9. The molecular weight excluding hydrogens is 903 g/mol. The zero-order chi connectivity index (χ0) is 53.4. The lowest BCUT2D eigenvalue weighted by Gasteiger charge is -2.20. The molecule has 0 bridgehead atoms. The Balaban J connectivity index is 3.42. The first kappa shape index (κ1) is 72.6. The largest absolute Gasteiger partial charge is 0.394 e. The Hall–Kier alpha value is -1.39. The molecule has 0 aliphatic rings. The molecule has 0 radical (unpaired) electrons. The van der Waals surface area contributed by atoms with Crippen molar-refractivity contribution in [2.75, 3.05) is 6.61 Å². The van der Waals surface area contributed by atoms with E-state index in [-0.39, 0.29) is 12.5 Å². The van der Waals surface area contributed by atoms with Gasteiger partial charge in [0.25, 0.3) is 0 Å². The maximum Gasteiger partial charge on any atom is 0.220 e. The van der Waals surface area contributed by atoms with E-state index in [1.807, 2.05) is 6.08 Å². The van der Waals surface area contributed by atoms with Crippen molar-refractivity contribution in [2.24, 2.45) is 0 Å². The fourth-order valence-corrected chi connectivity index (χ4v) is 10.9. The summed E-state index contributed by atoms with van der Waals surface area (Å²) in [5.41, 5.74) is 0. The standard InChI is InChI=1S/C70H135NO3/c1-3-5-7-9-11-13-15-17-19-21-23-25-27-28-29-30-31-32-33-34-35-36-37-38-39-40-41-42-44-46-48-50-52-54-56-58-60-62-64-66-70(74)71-68(67-72)69(73)65-63-61-59-57-55-53-51-49-47-45-43-26-24-22-20-18-16-14-12-10-8-6-4-2/h31-32,34-35,63,65,68-69,72-73H,3-30,33,36-62,64,66-67H2,1-2H3,(H,71,74)/b32-31-,35-34-,65-63+. The quantitative estimate of drug-likeness (QED) is 0.0420. The van der Waals surface area contributed by atoms with Crippen LogP contribution >= 0.6 is 0 Å². The van der Waals surface area contributed by atoms with E-state index in [1.54, 1.807) is 6.08 Å². The summed E-state index contributed by atoms with van der Waals surface area (Å²) in [6.45, 7) is 4.36. The van der Waals surface area contributed by atoms with Crippen LogP contribution in [0.25, 0.3) is 0 Å². The number of aliphatic hydroxyl groups is 2. The lowest BCUT2D eigenvalue weighted by Crippen LogP contribution is -2.45. The van der Waals surface area contributed by atoms with Gasteiger partial charge in [0.15, 0.2) is 0 Å². The molecule has 2 unspecified atom stereocenters. The third-order valence-electron chi connectivity index (χ3n) is 16.1. The van der Waals surface area contributed by atoms with Crippen LogP contribution in [0.5, 0.6) is 0 Å². The molecule has 2 atom stereocenters. The van der Waals surface area contributed by atoms with Gasteiger partial charge in [0.1, 0.15) is 0 Å². The van der Waals surface area contributed by atoms with Crippen molar-refractivity contribution < 1.29 is 15.0 Å². The summed E-state index contributed by atoms with van der Waals surface area (Å²) in [7, 11) is 0. The minimum absolute atomic E-state index is 0.0572. The predicted octanol–water partition coefficient (Wildman–Crippen LogP) is 23.2. The Labute approximate surface area is 465 Å². The molecule has 0 aromatic heterocycles. The summed E-state index contributed by atoms with van der Waals surface area (Å²) < 4.78 is 0. The molecule has 0 fully saturated rings. The number of nitrogens with one attached hydrogen (secondary N) is 1. The Morgan fingerprint density at radius 3 is 0.811 bits per heavy atom. The number of allylic oxidation sites excluding steroid dienone is 5. The molecule has 1 amide bonds. The molecule has 438 valence electrons. The van der Waals surface area contributed by atoms with Crippen molar-refractivity contribution in [1.82, 2.24) is 5.32 Å². The van der Waals surface area contributed by atoms with E-state index in [0.29, 0.717) is 6.42 Å². The molecule has 0 spiro atoms. The van der Waals surface area contributed by atoms with Gasteiger partial charge in [-0.15, -0.1) is 0 Å². The molecule has 4 heteroatoms. The zero-order valence-electron chi connectivity index (χ0n) is 50.6. The van der Waals surface area contributed by atoms with Crippen LogP contribution in [0, 0.1) is 0 Å². The second-order valence-corrected chi connectivity index (χ2v) is 23.6. The molecule has 0 saturated carbocycles. The number of carbonyl (C=O) groups excluding carboxylic acids is 1. The smallest absolute Gasteiger partial charge is 0.220 e. The average Bonchev–Trinajstić information content (AvgIpc) is 3.40. The van der Waals surface area contributed by atoms with E-state index < -0.39 is 12.1 Å². The number of aliphatic hydroxyl groups excluding tert-OH is 2. The van der Waals surface area contributed by atoms with Gasteiger partial charge in [-0.25, -0.2) is 0 Å². The zero-order valence-corrected chi connectivity index (χ0v) is 50.6. The predicted molar refractivity (Wildman–Crippen MR) is 332 cm³/mol. The van der Waals surface area contributed by atoms with Gasteiger partial charge in [-0.3, -0.25) is 4.79 Å². The third kappa shape index (κ3) is 61.5. The first-order valence-corrected chi connectivity index (χ1v) is 34.2. The van der Waals surface area contributed by atoms with Crippen LogP contribution < -0.4 is 5.32 Å². The van der Waals surface area contributed by atoms with Gasteiger partial charge in [-0.1, -0.05) is 365 Å². The van der Waals surface area contributed by atoms with Crippen LogP contribution in [0.3, 0.4) is 0 Å². The van der Waals surface area contributed by atoms with Gasteiger partial charge in [0, 0.05) is 6.42 Å². The molecule has 0 saturated heterocycles. The van der Waals surface area contributed by atoms with Gasteiger partial charge in [-0.05, 0) is 51.4 Å². The van der Waals surface area contributed by atoms with Gasteiger partial charge in [0.05, 0.1) is 18.8 Å². The molecule has 4 nitrogen and oxygen atoms in total. The van der Waals surface area contributed by atoms with Gasteiger partial charge in [-0.2, -0.15) is 0 Å². The monoisotopic (exact) mass is 1040 g/mol. The molecule has 0 aliphatic heterocycles. The number of hydrogen-bond acceptors (Lipinski definition) is 3. The molecule has 0 rings (SSSR count). The Kier molecular flexibility index (Phi) is 64.7. The summed E-state index contributed by atoms with van der Waals surface area (Å²) in [4.78, 5) is 12.5. The van der Waals surface area contributed by atoms with Crippen molar-refractivity contribution >= 4 is 5.91 Å². The lowest BCUT2D eigenvalue weighted by atomic mass is 10.0. The summed E-state index contributed by atoms with van der Waals surface area (Å²) >= 11 is 0. The Morgan fingerprint density at radius 1 is 0.324 bits per heavy atom. The highest BCUT2D eigenvalue weighted by atomic mass is 16.3. The lowest BCUT2D eigenvalue weighted by molar-refractivity contribution is -0.123. The number of hydrogen-bond donors (Lipinski definition) is 3. The first-order valence-electron chi connectivity index (χ1n) is 34.2. The molecule has 0 heterocycles. The third-order valence-corrected chi connectivity index (χ3v) is 16.1. The Morgan fingerprint density at radius 2 is 0.554 bits per heavy atom. The molecule has 0 aliphatic carbocycles. The highest BCUT2D eigenvalue weighted by Gasteiger charge is 2.18. The van der Waals surface area contributed by atoms with Crippen molar-refractivity contribution in [3.8, 4) is 0 Å². The molecule has 0 aromatic rings. The van der Waals surface area contributed by atoms with E-state index in [0.717, 1.165) is 32.1 Å². The SMILES string of the molecule is CCCCCCCCCCCCCCCCC/C=C\C/C=C\CCCCCCCCCCCCCCCCCCCC(=O)NC(CO)C(O)/C=C/CCCCCCCCCCCCCCCCCCCCCCC. The number of amides is 1. The second kappa shape index (κ2) is 65.9. The topological polar surface area (TPSA) is 69.6 Å². The van der Waals surface area contributed by atoms with Crippen molar-refractivity contribution in [3.63, 3.8) is 0 Å². The summed E-state index contributed by atoms with van der Waals surface area (Å²) in [5, 5.41) is 23.3. The summed E-state index contributed by atoms with van der Waals surface area (Å²) in [5.74, 6) is -0.0572. The normalized spacial score (nSPS) is 12.9. The van der Waals surface area contributed by atoms with Crippen molar-refractivity contribution in [3.05, 3.63) is 36.5 Å². The first-order chi connectivity index (χ1) is 36.7.